The fourth-order valence-electron chi connectivity index (χ4n) is 1.54. The molecule has 1 unspecified atom stereocenters. The molecule has 2 rings (SSSR count). The van der Waals surface area contributed by atoms with E-state index in [1.807, 2.05) is 13.0 Å². The SMILES string of the molecule is Cc1cnc(NC(C)C(=O)NC2CC2)c(N)c1. The number of nitrogens with zero attached hydrogens (tertiary/aromatic N) is 1. The third-order valence-electron chi connectivity index (χ3n) is 2.72. The van der Waals surface area contributed by atoms with Crippen molar-refractivity contribution in [3.8, 4) is 0 Å². The van der Waals surface area contributed by atoms with E-state index >= 15 is 0 Å². The Kier molecular flexibility index (Phi) is 3.17. The molecule has 5 heteroatoms. The molecule has 0 aliphatic heterocycles. The molecule has 0 aromatic carbocycles. The molecule has 0 saturated heterocycles. The molecule has 17 heavy (non-hydrogen) atoms. The Hall–Kier alpha value is -1.78. The van der Waals surface area contributed by atoms with Gasteiger partial charge in [-0.25, -0.2) is 4.98 Å². The number of aryl methyl sites for hydroxylation is 1. The van der Waals surface area contributed by atoms with Gasteiger partial charge in [0.1, 0.15) is 11.9 Å². The first kappa shape index (κ1) is 11.7. The molecule has 1 atom stereocenters. The summed E-state index contributed by atoms with van der Waals surface area (Å²) >= 11 is 0. The van der Waals surface area contributed by atoms with Crippen LogP contribution in [-0.2, 0) is 4.79 Å². The summed E-state index contributed by atoms with van der Waals surface area (Å²) in [5, 5.41) is 5.96. The average molecular weight is 234 g/mol. The first-order valence-electron chi connectivity index (χ1n) is 5.85. The smallest absolute Gasteiger partial charge is 0.242 e. The lowest BCUT2D eigenvalue weighted by Crippen LogP contribution is -2.39. The second kappa shape index (κ2) is 4.61. The molecule has 1 saturated carbocycles. The maximum atomic E-state index is 11.7. The van der Waals surface area contributed by atoms with Crippen LogP contribution in [0.5, 0.6) is 0 Å². The van der Waals surface area contributed by atoms with Gasteiger partial charge in [0.15, 0.2) is 0 Å². The van der Waals surface area contributed by atoms with Crippen LogP contribution in [0, 0.1) is 6.92 Å². The Morgan fingerprint density at radius 3 is 2.88 bits per heavy atom. The summed E-state index contributed by atoms with van der Waals surface area (Å²) in [6.45, 7) is 3.73. The van der Waals surface area contributed by atoms with Crippen LogP contribution < -0.4 is 16.4 Å². The first-order valence-corrected chi connectivity index (χ1v) is 5.85. The predicted molar refractivity (Wildman–Crippen MR) is 67.6 cm³/mol. The molecule has 4 N–H and O–H groups in total. The Bertz CT molecular complexity index is 429. The van der Waals surface area contributed by atoms with Gasteiger partial charge in [0, 0.05) is 12.2 Å². The molecular formula is C12H18N4O. The lowest BCUT2D eigenvalue weighted by atomic mass is 10.2. The monoisotopic (exact) mass is 234 g/mol. The zero-order valence-corrected chi connectivity index (χ0v) is 10.2. The summed E-state index contributed by atoms with van der Waals surface area (Å²) in [6, 6.07) is 1.88. The third kappa shape index (κ3) is 3.09. The number of pyridine rings is 1. The molecular weight excluding hydrogens is 216 g/mol. The Morgan fingerprint density at radius 1 is 1.59 bits per heavy atom. The summed E-state index contributed by atoms with van der Waals surface area (Å²) in [5.41, 5.74) is 7.40. The van der Waals surface area contributed by atoms with Crippen molar-refractivity contribution in [3.63, 3.8) is 0 Å². The Balaban J connectivity index is 1.96. The third-order valence-corrected chi connectivity index (χ3v) is 2.72. The van der Waals surface area contributed by atoms with Crippen LogP contribution in [0.25, 0.3) is 0 Å². The van der Waals surface area contributed by atoms with Crippen molar-refractivity contribution in [3.05, 3.63) is 17.8 Å². The number of nitrogen functional groups attached to an aromatic ring is 1. The molecule has 5 nitrogen and oxygen atoms in total. The van der Waals surface area contributed by atoms with Crippen molar-refractivity contribution in [2.75, 3.05) is 11.1 Å². The maximum absolute atomic E-state index is 11.7. The lowest BCUT2D eigenvalue weighted by molar-refractivity contribution is -0.121. The molecule has 1 aromatic rings. The van der Waals surface area contributed by atoms with E-state index in [2.05, 4.69) is 15.6 Å². The van der Waals surface area contributed by atoms with Crippen molar-refractivity contribution in [2.24, 2.45) is 0 Å². The molecule has 0 radical (unpaired) electrons. The van der Waals surface area contributed by atoms with Crippen LogP contribution in [0.1, 0.15) is 25.3 Å². The highest BCUT2D eigenvalue weighted by molar-refractivity contribution is 5.85. The molecule has 1 heterocycles. The van der Waals surface area contributed by atoms with Crippen molar-refractivity contribution in [1.29, 1.82) is 0 Å². The minimum absolute atomic E-state index is 0.00530. The van der Waals surface area contributed by atoms with Gasteiger partial charge in [-0.2, -0.15) is 0 Å². The zero-order valence-electron chi connectivity index (χ0n) is 10.2. The van der Waals surface area contributed by atoms with Gasteiger partial charge in [0.25, 0.3) is 0 Å². The van der Waals surface area contributed by atoms with Crippen LogP contribution in [0.2, 0.25) is 0 Å². The fraction of sp³-hybridized carbons (Fsp3) is 0.500. The molecule has 1 aliphatic carbocycles. The van der Waals surface area contributed by atoms with E-state index < -0.39 is 0 Å². The average Bonchev–Trinajstić information content (AvgIpc) is 3.06. The van der Waals surface area contributed by atoms with Gasteiger partial charge < -0.3 is 16.4 Å². The first-order chi connectivity index (χ1) is 8.06. The van der Waals surface area contributed by atoms with Crippen LogP contribution >= 0.6 is 0 Å². The van der Waals surface area contributed by atoms with E-state index in [4.69, 9.17) is 5.73 Å². The van der Waals surface area contributed by atoms with E-state index in [1.165, 1.54) is 0 Å². The number of nitrogens with one attached hydrogen (secondary N) is 2. The minimum atomic E-state index is -0.326. The highest BCUT2D eigenvalue weighted by Gasteiger charge is 2.25. The van der Waals surface area contributed by atoms with Gasteiger partial charge in [-0.3, -0.25) is 4.79 Å². The van der Waals surface area contributed by atoms with Gasteiger partial charge in [-0.05, 0) is 38.3 Å². The number of hydrogen-bond donors (Lipinski definition) is 3. The quantitative estimate of drug-likeness (QED) is 0.727. The molecule has 1 fully saturated rings. The van der Waals surface area contributed by atoms with Gasteiger partial charge in [-0.1, -0.05) is 0 Å². The number of hydrogen-bond acceptors (Lipinski definition) is 4. The van der Waals surface area contributed by atoms with Crippen LogP contribution in [0.15, 0.2) is 12.3 Å². The summed E-state index contributed by atoms with van der Waals surface area (Å²) in [4.78, 5) is 15.9. The van der Waals surface area contributed by atoms with Gasteiger partial charge in [0.2, 0.25) is 5.91 Å². The van der Waals surface area contributed by atoms with E-state index in [0.717, 1.165) is 18.4 Å². The zero-order chi connectivity index (χ0) is 12.4. The second-order valence-electron chi connectivity index (χ2n) is 4.60. The van der Waals surface area contributed by atoms with Crippen molar-refractivity contribution >= 4 is 17.4 Å². The normalized spacial score (nSPS) is 16.4. The van der Waals surface area contributed by atoms with Crippen LogP contribution in [0.3, 0.4) is 0 Å². The van der Waals surface area contributed by atoms with Crippen molar-refractivity contribution in [2.45, 2.75) is 38.8 Å². The summed E-state index contributed by atoms with van der Waals surface area (Å²) in [6.07, 6.45) is 3.90. The van der Waals surface area contributed by atoms with Gasteiger partial charge in [-0.15, -0.1) is 0 Å². The van der Waals surface area contributed by atoms with E-state index in [9.17, 15) is 4.79 Å². The largest absolute Gasteiger partial charge is 0.396 e. The number of carbonyl (C=O) groups excluding carboxylic acids is 1. The number of anilines is 2. The predicted octanol–water partition coefficient (Wildman–Crippen LogP) is 1.05. The summed E-state index contributed by atoms with van der Waals surface area (Å²) in [7, 11) is 0. The highest BCUT2D eigenvalue weighted by atomic mass is 16.2. The lowest BCUT2D eigenvalue weighted by Gasteiger charge is -2.15. The Labute approximate surface area is 101 Å². The van der Waals surface area contributed by atoms with Crippen molar-refractivity contribution in [1.82, 2.24) is 10.3 Å². The molecule has 92 valence electrons. The number of rotatable bonds is 4. The maximum Gasteiger partial charge on any atom is 0.242 e. The van der Waals surface area contributed by atoms with E-state index in [1.54, 1.807) is 13.1 Å². The number of nitrogens with two attached hydrogens (primary N) is 1. The highest BCUT2D eigenvalue weighted by Crippen LogP contribution is 2.20. The van der Waals surface area contributed by atoms with Crippen LogP contribution in [0.4, 0.5) is 11.5 Å². The molecule has 1 amide bonds. The molecule has 1 aromatic heterocycles. The standard InChI is InChI=1S/C12H18N4O/c1-7-5-10(13)11(14-6-7)15-8(2)12(17)16-9-3-4-9/h5-6,8-9H,3-4,13H2,1-2H3,(H,14,15)(H,16,17). The molecule has 1 aliphatic rings. The van der Waals surface area contributed by atoms with Crippen molar-refractivity contribution < 1.29 is 4.79 Å². The fourth-order valence-corrected chi connectivity index (χ4v) is 1.54. The topological polar surface area (TPSA) is 80.0 Å². The summed E-state index contributed by atoms with van der Waals surface area (Å²) in [5.74, 6) is 0.559. The second-order valence-corrected chi connectivity index (χ2v) is 4.60. The van der Waals surface area contributed by atoms with Crippen LogP contribution in [-0.4, -0.2) is 23.0 Å². The van der Waals surface area contributed by atoms with E-state index in [-0.39, 0.29) is 11.9 Å². The van der Waals surface area contributed by atoms with Gasteiger partial charge in [0.05, 0.1) is 5.69 Å². The van der Waals surface area contributed by atoms with E-state index in [0.29, 0.717) is 17.5 Å². The molecule has 0 bridgehead atoms. The minimum Gasteiger partial charge on any atom is -0.396 e. The number of aromatic nitrogens is 1. The Morgan fingerprint density at radius 2 is 2.29 bits per heavy atom. The molecule has 0 spiro atoms. The number of amides is 1. The number of carbonyl (C=O) groups is 1. The van der Waals surface area contributed by atoms with Gasteiger partial charge >= 0.3 is 0 Å². The summed E-state index contributed by atoms with van der Waals surface area (Å²) < 4.78 is 0.